The second-order valence-corrected chi connectivity index (χ2v) is 11.6. The summed E-state index contributed by atoms with van der Waals surface area (Å²) in [6, 6.07) is 25.9. The first-order valence-electron chi connectivity index (χ1n) is 11.3. The van der Waals surface area contributed by atoms with Crippen molar-refractivity contribution in [1.29, 1.82) is 0 Å². The number of anilines is 3. The average Bonchev–Trinajstić information content (AvgIpc) is 2.82. The Bertz CT molecular complexity index is 1050. The van der Waals surface area contributed by atoms with Gasteiger partial charge in [0.2, 0.25) is 0 Å². The van der Waals surface area contributed by atoms with Crippen LogP contribution in [0.25, 0.3) is 0 Å². The van der Waals surface area contributed by atoms with Crippen LogP contribution in [0.1, 0.15) is 25.2 Å². The number of benzene rings is 3. The Balaban J connectivity index is 2.11. The summed E-state index contributed by atoms with van der Waals surface area (Å²) in [6.07, 6.45) is 0. The first kappa shape index (κ1) is 24.9. The highest BCUT2D eigenvalue weighted by Gasteiger charge is 2.38. The van der Waals surface area contributed by atoms with Crippen molar-refractivity contribution in [2.45, 2.75) is 19.6 Å². The highest BCUT2D eigenvalue weighted by Crippen LogP contribution is 2.59. The summed E-state index contributed by atoms with van der Waals surface area (Å²) in [4.78, 5) is 4.08. The van der Waals surface area contributed by atoms with E-state index < -0.39 is 13.2 Å². The number of para-hydroxylation sites is 1. The monoisotopic (exact) mass is 465 g/mol. The summed E-state index contributed by atoms with van der Waals surface area (Å²) in [6.45, 7) is 4.56. The molecule has 0 amide bonds. The van der Waals surface area contributed by atoms with Crippen LogP contribution in [0, 0.1) is 5.92 Å². The van der Waals surface area contributed by atoms with E-state index in [2.05, 4.69) is 36.2 Å². The molecule has 0 radical (unpaired) electrons. The lowest BCUT2D eigenvalue weighted by Crippen LogP contribution is -2.22. The Hall–Kier alpha value is -2.75. The molecule has 2 atom stereocenters. The van der Waals surface area contributed by atoms with Gasteiger partial charge in [0.25, 0.3) is 7.37 Å². The van der Waals surface area contributed by atoms with Gasteiger partial charge in [0.1, 0.15) is 5.78 Å². The molecule has 0 bridgehead atoms. The summed E-state index contributed by atoms with van der Waals surface area (Å²) < 4.78 is 21.1. The van der Waals surface area contributed by atoms with Crippen molar-refractivity contribution in [3.63, 3.8) is 0 Å². The van der Waals surface area contributed by atoms with Gasteiger partial charge in [-0.05, 0) is 60.0 Å². The molecule has 3 aromatic rings. The fourth-order valence-corrected chi connectivity index (χ4v) is 6.09. The molecule has 0 saturated carbocycles. The van der Waals surface area contributed by atoms with Crippen LogP contribution in [0.4, 0.5) is 17.1 Å². The lowest BCUT2D eigenvalue weighted by molar-refractivity contribution is 0.272. The number of nitrogens with zero attached hydrogens (tertiary/aromatic N) is 2. The lowest BCUT2D eigenvalue weighted by Gasteiger charge is -2.31. The van der Waals surface area contributed by atoms with E-state index in [1.54, 1.807) is 0 Å². The Morgan fingerprint density at radius 2 is 1.30 bits per heavy atom. The van der Waals surface area contributed by atoms with E-state index >= 15 is 0 Å². The number of nitrogens with one attached hydrogen (secondary N) is 1. The van der Waals surface area contributed by atoms with Crippen LogP contribution < -0.4 is 20.4 Å². The molecule has 176 valence electrons. The van der Waals surface area contributed by atoms with Gasteiger partial charge in [-0.3, -0.25) is 4.57 Å². The van der Waals surface area contributed by atoms with Crippen molar-refractivity contribution in [2.24, 2.45) is 5.92 Å². The molecule has 0 spiro atoms. The number of hydrogen-bond donors (Lipinski definition) is 1. The van der Waals surface area contributed by atoms with Crippen LogP contribution in [0.3, 0.4) is 0 Å². The van der Waals surface area contributed by atoms with Crippen molar-refractivity contribution in [1.82, 2.24) is 0 Å². The summed E-state index contributed by atoms with van der Waals surface area (Å²) in [5, 5.41) is 4.24. The Morgan fingerprint density at radius 3 is 1.79 bits per heavy atom. The van der Waals surface area contributed by atoms with Crippen LogP contribution in [-0.2, 0) is 9.09 Å². The summed E-state index contributed by atoms with van der Waals surface area (Å²) in [5.41, 5.74) is 3.97. The third-order valence-electron chi connectivity index (χ3n) is 5.47. The molecule has 0 saturated heterocycles. The minimum atomic E-state index is -3.36. The number of rotatable bonds is 10. The van der Waals surface area contributed by atoms with Gasteiger partial charge in [-0.2, -0.15) is 0 Å². The van der Waals surface area contributed by atoms with Crippen molar-refractivity contribution in [3.05, 3.63) is 84.4 Å². The fraction of sp³-hybridized carbons (Fsp3) is 0.333. The van der Waals surface area contributed by atoms with Crippen LogP contribution in [0.5, 0.6) is 0 Å². The normalized spacial score (nSPS) is 13.9. The van der Waals surface area contributed by atoms with Crippen LogP contribution in [-0.4, -0.2) is 34.8 Å². The molecule has 0 unspecified atom stereocenters. The average molecular weight is 466 g/mol. The maximum Gasteiger partial charge on any atom is 0.258 e. The highest BCUT2D eigenvalue weighted by atomic mass is 31.2. The van der Waals surface area contributed by atoms with Crippen LogP contribution >= 0.6 is 7.37 Å². The topological polar surface area (TPSA) is 44.8 Å². The Labute approximate surface area is 198 Å². The molecule has 0 heterocycles. The molecular weight excluding hydrogens is 429 g/mol. The smallest absolute Gasteiger partial charge is 0.258 e. The predicted octanol–water partition coefficient (Wildman–Crippen LogP) is 6.21. The van der Waals surface area contributed by atoms with E-state index in [4.69, 9.17) is 4.52 Å². The van der Waals surface area contributed by atoms with Crippen LogP contribution in [0.2, 0.25) is 0 Å². The van der Waals surface area contributed by atoms with Crippen molar-refractivity contribution in [3.8, 4) is 0 Å². The summed E-state index contributed by atoms with van der Waals surface area (Å²) in [7, 11) is 4.66. The molecule has 3 aromatic carbocycles. The molecule has 0 aromatic heterocycles. The van der Waals surface area contributed by atoms with Gasteiger partial charge in [0.15, 0.2) is 0 Å². The molecule has 0 aliphatic heterocycles. The summed E-state index contributed by atoms with van der Waals surface area (Å²) in [5.74, 6) is -0.270. The standard InChI is InChI=1S/C27H36N3O2P/c1-21(2)20-32-33(31,26-18-16-25(17-19-26)30(5)6)27(28-23-10-8-7-9-11-23)22-12-14-24(15-13-22)29(3)4/h7-19,21,27-28H,20H2,1-6H3/t27-,33-/m1/s1. The zero-order valence-corrected chi connectivity index (χ0v) is 21.4. The Kier molecular flexibility index (Phi) is 8.23. The van der Waals surface area contributed by atoms with E-state index in [1.165, 1.54) is 0 Å². The van der Waals surface area contributed by atoms with Crippen molar-refractivity contribution < 1.29 is 9.09 Å². The molecule has 33 heavy (non-hydrogen) atoms. The molecule has 0 aliphatic rings. The molecule has 6 heteroatoms. The first-order valence-corrected chi connectivity index (χ1v) is 13.0. The van der Waals surface area contributed by atoms with Crippen molar-refractivity contribution >= 4 is 29.7 Å². The minimum absolute atomic E-state index is 0.257. The minimum Gasteiger partial charge on any atom is -0.378 e. The highest BCUT2D eigenvalue weighted by molar-refractivity contribution is 7.67. The van der Waals surface area contributed by atoms with Crippen LogP contribution in [0.15, 0.2) is 78.9 Å². The van der Waals surface area contributed by atoms with E-state index in [1.807, 2.05) is 99.8 Å². The zero-order chi connectivity index (χ0) is 24.0. The molecule has 0 fully saturated rings. The van der Waals surface area contributed by atoms with E-state index in [0.29, 0.717) is 11.9 Å². The predicted molar refractivity (Wildman–Crippen MR) is 142 cm³/mol. The van der Waals surface area contributed by atoms with E-state index in [-0.39, 0.29) is 5.92 Å². The van der Waals surface area contributed by atoms with E-state index in [0.717, 1.165) is 22.6 Å². The van der Waals surface area contributed by atoms with Crippen molar-refractivity contribution in [2.75, 3.05) is 49.9 Å². The number of hydrogen-bond acceptors (Lipinski definition) is 5. The van der Waals surface area contributed by atoms with Gasteiger partial charge in [0, 0.05) is 50.6 Å². The Morgan fingerprint density at radius 1 is 0.788 bits per heavy atom. The molecule has 1 N–H and O–H groups in total. The first-order chi connectivity index (χ1) is 15.7. The molecule has 5 nitrogen and oxygen atoms in total. The van der Waals surface area contributed by atoms with Gasteiger partial charge in [-0.15, -0.1) is 0 Å². The second-order valence-electron chi connectivity index (χ2n) is 9.10. The van der Waals surface area contributed by atoms with Gasteiger partial charge in [0.05, 0.1) is 6.61 Å². The summed E-state index contributed by atoms with van der Waals surface area (Å²) >= 11 is 0. The van der Waals surface area contributed by atoms with Gasteiger partial charge in [-0.25, -0.2) is 0 Å². The SMILES string of the molecule is CC(C)CO[P@](=O)(c1ccc(N(C)C)cc1)[C@@H](Nc1ccccc1)c1ccc(N(C)C)cc1. The van der Waals surface area contributed by atoms with Gasteiger partial charge < -0.3 is 19.6 Å². The van der Waals surface area contributed by atoms with Gasteiger partial charge in [-0.1, -0.05) is 44.2 Å². The fourth-order valence-electron chi connectivity index (χ4n) is 3.53. The quantitative estimate of drug-likeness (QED) is 0.361. The lowest BCUT2D eigenvalue weighted by atomic mass is 10.2. The molecule has 3 rings (SSSR count). The second kappa shape index (κ2) is 10.9. The largest absolute Gasteiger partial charge is 0.378 e. The third kappa shape index (κ3) is 6.19. The maximum absolute atomic E-state index is 14.8. The maximum atomic E-state index is 14.8. The third-order valence-corrected chi connectivity index (χ3v) is 8.13. The van der Waals surface area contributed by atoms with Gasteiger partial charge >= 0.3 is 0 Å². The molecular formula is C27H36N3O2P. The zero-order valence-electron chi connectivity index (χ0n) is 20.5. The van der Waals surface area contributed by atoms with E-state index in [9.17, 15) is 4.57 Å². The molecule has 0 aliphatic carbocycles.